The highest BCUT2D eigenvalue weighted by molar-refractivity contribution is 7.99. The number of fused-ring (bicyclic) bond motifs is 2. The average Bonchev–Trinajstić information content (AvgIpc) is 2.59. The van der Waals surface area contributed by atoms with Crippen molar-refractivity contribution in [2.24, 2.45) is 0 Å². The SMILES string of the molecule is CCC[N+](C)(CCC)CC(=O)N1c2ccccc2Sc2ccccc21.[Br-]. The third kappa shape index (κ3) is 4.33. The Morgan fingerprint density at radius 3 is 1.85 bits per heavy atom. The van der Waals surface area contributed by atoms with Gasteiger partial charge in [-0.2, -0.15) is 0 Å². The predicted octanol–water partition coefficient (Wildman–Crippen LogP) is 2.09. The minimum atomic E-state index is 0. The molecule has 2 aromatic carbocycles. The van der Waals surface area contributed by atoms with E-state index >= 15 is 0 Å². The van der Waals surface area contributed by atoms with Gasteiger partial charge in [-0.25, -0.2) is 0 Å². The van der Waals surface area contributed by atoms with Crippen molar-refractivity contribution in [3.8, 4) is 0 Å². The van der Waals surface area contributed by atoms with Crippen molar-refractivity contribution in [1.82, 2.24) is 0 Å². The summed E-state index contributed by atoms with van der Waals surface area (Å²) in [7, 11) is 2.21. The number of quaternary nitrogens is 1. The van der Waals surface area contributed by atoms with Gasteiger partial charge in [-0.1, -0.05) is 49.9 Å². The molecular formula is C21H27BrN2OS. The molecule has 0 aromatic heterocycles. The van der Waals surface area contributed by atoms with E-state index in [1.165, 1.54) is 0 Å². The van der Waals surface area contributed by atoms with Crippen LogP contribution in [0.25, 0.3) is 0 Å². The highest BCUT2D eigenvalue weighted by Gasteiger charge is 2.32. The molecule has 3 nitrogen and oxygen atoms in total. The molecule has 0 fully saturated rings. The molecule has 1 aliphatic rings. The highest BCUT2D eigenvalue weighted by Crippen LogP contribution is 2.47. The molecule has 2 aromatic rings. The first-order valence-corrected chi connectivity index (χ1v) is 9.92. The Hall–Kier alpha value is -1.30. The van der Waals surface area contributed by atoms with Crippen LogP contribution in [0.2, 0.25) is 0 Å². The van der Waals surface area contributed by atoms with Crippen LogP contribution in [0.4, 0.5) is 11.4 Å². The molecule has 0 unspecified atom stereocenters. The number of carbonyl (C=O) groups excluding carboxylic acids is 1. The molecule has 3 rings (SSSR count). The normalized spacial score (nSPS) is 12.8. The Kier molecular flexibility index (Phi) is 7.33. The van der Waals surface area contributed by atoms with E-state index in [0.717, 1.165) is 51.6 Å². The standard InChI is InChI=1S/C21H27N2OS.BrH/c1-4-14-23(3,15-5-2)16-21(24)22-17-10-6-8-12-19(17)25-20-13-9-7-11-18(20)22;/h6-13H,4-5,14-16H2,1-3H3;1H/q+1;/p-1. The van der Waals surface area contributed by atoms with Crippen molar-refractivity contribution >= 4 is 29.0 Å². The minimum absolute atomic E-state index is 0. The quantitative estimate of drug-likeness (QED) is 0.648. The van der Waals surface area contributed by atoms with Crippen LogP contribution in [0, 0.1) is 0 Å². The molecule has 0 radical (unpaired) electrons. The number of carbonyl (C=O) groups is 1. The van der Waals surface area contributed by atoms with Crippen LogP contribution in [-0.2, 0) is 4.79 Å². The van der Waals surface area contributed by atoms with E-state index in [0.29, 0.717) is 6.54 Å². The lowest BCUT2D eigenvalue weighted by Crippen LogP contribution is -3.00. The van der Waals surface area contributed by atoms with Crippen LogP contribution in [0.15, 0.2) is 58.3 Å². The molecule has 0 atom stereocenters. The van der Waals surface area contributed by atoms with Gasteiger partial charge in [0.05, 0.1) is 31.5 Å². The van der Waals surface area contributed by atoms with Gasteiger partial charge in [-0.3, -0.25) is 9.69 Å². The molecule has 5 heteroatoms. The van der Waals surface area contributed by atoms with Gasteiger partial charge in [-0.15, -0.1) is 0 Å². The maximum absolute atomic E-state index is 13.4. The molecular weight excluding hydrogens is 408 g/mol. The van der Waals surface area contributed by atoms with Crippen LogP contribution in [0.1, 0.15) is 26.7 Å². The summed E-state index contributed by atoms with van der Waals surface area (Å²) in [4.78, 5) is 17.6. The molecule has 0 spiro atoms. The van der Waals surface area contributed by atoms with Gasteiger partial charge in [-0.05, 0) is 37.1 Å². The molecule has 0 saturated heterocycles. The Morgan fingerprint density at radius 1 is 0.923 bits per heavy atom. The minimum Gasteiger partial charge on any atom is -1.00 e. The zero-order chi connectivity index (χ0) is 17.9. The molecule has 0 bridgehead atoms. The van der Waals surface area contributed by atoms with Gasteiger partial charge in [0.2, 0.25) is 0 Å². The van der Waals surface area contributed by atoms with Gasteiger partial charge >= 0.3 is 0 Å². The summed E-state index contributed by atoms with van der Waals surface area (Å²) in [6.45, 7) is 6.99. The van der Waals surface area contributed by atoms with E-state index in [2.05, 4.69) is 45.2 Å². The Balaban J connectivity index is 0.00000243. The van der Waals surface area contributed by atoms with Crippen LogP contribution in [0.3, 0.4) is 0 Å². The molecule has 1 heterocycles. The first kappa shape index (κ1) is 21.0. The maximum Gasteiger partial charge on any atom is 0.286 e. The number of amides is 1. The fourth-order valence-corrected chi connectivity index (χ4v) is 4.78. The van der Waals surface area contributed by atoms with Crippen LogP contribution >= 0.6 is 11.8 Å². The van der Waals surface area contributed by atoms with E-state index in [1.807, 2.05) is 29.2 Å². The number of hydrogen-bond acceptors (Lipinski definition) is 2. The van der Waals surface area contributed by atoms with Gasteiger partial charge in [0.25, 0.3) is 5.91 Å². The van der Waals surface area contributed by atoms with Crippen molar-refractivity contribution in [3.63, 3.8) is 0 Å². The van der Waals surface area contributed by atoms with Crippen molar-refractivity contribution in [2.75, 3.05) is 31.6 Å². The molecule has 0 N–H and O–H groups in total. The van der Waals surface area contributed by atoms with E-state index in [-0.39, 0.29) is 22.9 Å². The van der Waals surface area contributed by atoms with E-state index in [4.69, 9.17) is 0 Å². The summed E-state index contributed by atoms with van der Waals surface area (Å²) >= 11 is 1.74. The Morgan fingerprint density at radius 2 is 1.38 bits per heavy atom. The van der Waals surface area contributed by atoms with Gasteiger partial charge in [0.1, 0.15) is 0 Å². The second-order valence-electron chi connectivity index (χ2n) is 6.99. The number of anilines is 2. The van der Waals surface area contributed by atoms with Crippen molar-refractivity contribution in [1.29, 1.82) is 0 Å². The summed E-state index contributed by atoms with van der Waals surface area (Å²) in [5.74, 6) is 0.185. The van der Waals surface area contributed by atoms with Crippen molar-refractivity contribution < 1.29 is 26.3 Å². The van der Waals surface area contributed by atoms with Gasteiger partial charge in [0, 0.05) is 9.79 Å². The lowest BCUT2D eigenvalue weighted by molar-refractivity contribution is -0.901. The lowest BCUT2D eigenvalue weighted by Gasteiger charge is -2.37. The lowest BCUT2D eigenvalue weighted by atomic mass is 10.2. The fourth-order valence-electron chi connectivity index (χ4n) is 3.72. The Bertz CT molecular complexity index is 714. The Labute approximate surface area is 171 Å². The van der Waals surface area contributed by atoms with Crippen molar-refractivity contribution in [2.45, 2.75) is 36.5 Å². The summed E-state index contributed by atoms with van der Waals surface area (Å²) < 4.78 is 0.805. The average molecular weight is 435 g/mol. The molecule has 0 aliphatic carbocycles. The number of para-hydroxylation sites is 2. The molecule has 140 valence electrons. The van der Waals surface area contributed by atoms with E-state index < -0.39 is 0 Å². The summed E-state index contributed by atoms with van der Waals surface area (Å²) in [6, 6.07) is 16.4. The molecule has 0 saturated carbocycles. The van der Waals surface area contributed by atoms with E-state index in [1.54, 1.807) is 11.8 Å². The zero-order valence-corrected chi connectivity index (χ0v) is 18.1. The number of hydrogen-bond donors (Lipinski definition) is 0. The first-order chi connectivity index (χ1) is 12.1. The summed E-state index contributed by atoms with van der Waals surface area (Å²) in [6.07, 6.45) is 2.18. The van der Waals surface area contributed by atoms with Crippen LogP contribution in [-0.4, -0.2) is 37.1 Å². The third-order valence-corrected chi connectivity index (χ3v) is 5.86. The molecule has 1 aliphatic heterocycles. The topological polar surface area (TPSA) is 20.3 Å². The number of likely N-dealkylation sites (N-methyl/N-ethyl adjacent to an activating group) is 1. The van der Waals surface area contributed by atoms with E-state index in [9.17, 15) is 4.79 Å². The predicted molar refractivity (Wildman–Crippen MR) is 106 cm³/mol. The second-order valence-corrected chi connectivity index (χ2v) is 8.08. The second kappa shape index (κ2) is 9.07. The van der Waals surface area contributed by atoms with Gasteiger partial charge < -0.3 is 21.5 Å². The highest BCUT2D eigenvalue weighted by atomic mass is 79.9. The maximum atomic E-state index is 13.4. The number of benzene rings is 2. The molecule has 26 heavy (non-hydrogen) atoms. The van der Waals surface area contributed by atoms with Gasteiger partial charge in [0.15, 0.2) is 6.54 Å². The largest absolute Gasteiger partial charge is 1.00 e. The third-order valence-electron chi connectivity index (χ3n) is 4.73. The summed E-state index contributed by atoms with van der Waals surface area (Å²) in [5.41, 5.74) is 2.02. The number of nitrogens with zero attached hydrogens (tertiary/aromatic N) is 2. The van der Waals surface area contributed by atoms with Crippen LogP contribution < -0.4 is 21.9 Å². The first-order valence-electron chi connectivity index (χ1n) is 9.10. The molecule has 1 amide bonds. The fraction of sp³-hybridized carbons (Fsp3) is 0.381. The number of halogens is 1. The zero-order valence-electron chi connectivity index (χ0n) is 15.7. The van der Waals surface area contributed by atoms with Crippen molar-refractivity contribution in [3.05, 3.63) is 48.5 Å². The van der Waals surface area contributed by atoms with Crippen LogP contribution in [0.5, 0.6) is 0 Å². The monoisotopic (exact) mass is 434 g/mol. The number of rotatable bonds is 6. The summed E-state index contributed by atoms with van der Waals surface area (Å²) in [5, 5.41) is 0. The smallest absolute Gasteiger partial charge is 0.286 e.